The first-order valence-electron chi connectivity index (χ1n) is 10.3. The molecule has 0 bridgehead atoms. The number of esters is 2. The quantitative estimate of drug-likeness (QED) is 0.106. The SMILES string of the molecule is CC(=O)[S-].CCCCOCC(OC)C(=O)OC.COC(=O)C(COCCCSC(C)=O)OC.[K+]. The van der Waals surface area contributed by atoms with E-state index in [9.17, 15) is 19.2 Å². The summed E-state index contributed by atoms with van der Waals surface area (Å²) >= 11 is 5.25. The first-order chi connectivity index (χ1) is 15.6. The molecule has 34 heavy (non-hydrogen) atoms. The van der Waals surface area contributed by atoms with Crippen molar-refractivity contribution < 1.29 is 99.0 Å². The molecule has 0 N–H and O–H groups in total. The zero-order valence-corrected chi connectivity index (χ0v) is 26.5. The van der Waals surface area contributed by atoms with Crippen LogP contribution < -0.4 is 51.4 Å². The third kappa shape index (κ3) is 32.3. The van der Waals surface area contributed by atoms with E-state index >= 15 is 0 Å². The smallest absolute Gasteiger partial charge is 0.742 e. The van der Waals surface area contributed by atoms with Crippen molar-refractivity contribution in [2.75, 3.05) is 60.6 Å². The van der Waals surface area contributed by atoms with Crippen molar-refractivity contribution >= 4 is 46.6 Å². The van der Waals surface area contributed by atoms with Crippen molar-refractivity contribution in [1.82, 2.24) is 0 Å². The van der Waals surface area contributed by atoms with Gasteiger partial charge in [-0.2, -0.15) is 0 Å². The Labute approximate surface area is 256 Å². The van der Waals surface area contributed by atoms with E-state index in [4.69, 9.17) is 18.9 Å². The van der Waals surface area contributed by atoms with Gasteiger partial charge < -0.3 is 45.8 Å². The van der Waals surface area contributed by atoms with Crippen molar-refractivity contribution in [3.63, 3.8) is 0 Å². The molecule has 0 aromatic carbocycles. The molecule has 0 fully saturated rings. The van der Waals surface area contributed by atoms with Gasteiger partial charge in [-0.15, -0.1) is 0 Å². The monoisotopic (exact) mass is 554 g/mol. The van der Waals surface area contributed by atoms with Crippen molar-refractivity contribution in [2.45, 2.75) is 52.2 Å². The summed E-state index contributed by atoms with van der Waals surface area (Å²) in [5.41, 5.74) is 0. The van der Waals surface area contributed by atoms with E-state index in [1.54, 1.807) is 0 Å². The van der Waals surface area contributed by atoms with Crippen LogP contribution in [0.1, 0.15) is 40.0 Å². The van der Waals surface area contributed by atoms with Crippen LogP contribution in [-0.4, -0.2) is 95.0 Å². The fourth-order valence-electron chi connectivity index (χ4n) is 1.73. The summed E-state index contributed by atoms with van der Waals surface area (Å²) in [6.45, 7) is 6.55. The van der Waals surface area contributed by atoms with Crippen LogP contribution in [0.25, 0.3) is 0 Å². The minimum Gasteiger partial charge on any atom is -0.742 e. The Hall–Kier alpha value is 0.326. The molecule has 0 aromatic heterocycles. The van der Waals surface area contributed by atoms with Crippen LogP contribution in [-0.2, 0) is 60.2 Å². The summed E-state index contributed by atoms with van der Waals surface area (Å²) in [4.78, 5) is 41.9. The van der Waals surface area contributed by atoms with Gasteiger partial charge in [-0.3, -0.25) is 4.79 Å². The Morgan fingerprint density at radius 2 is 1.18 bits per heavy atom. The van der Waals surface area contributed by atoms with Crippen molar-refractivity contribution in [3.05, 3.63) is 0 Å². The molecule has 0 aliphatic carbocycles. The second-order valence-electron chi connectivity index (χ2n) is 6.18. The first-order valence-corrected chi connectivity index (χ1v) is 11.7. The maximum atomic E-state index is 11.1. The number of methoxy groups -OCH3 is 4. The molecule has 0 amide bonds. The predicted molar refractivity (Wildman–Crippen MR) is 128 cm³/mol. The van der Waals surface area contributed by atoms with Gasteiger partial charge in [-0.05, 0) is 19.8 Å². The molecule has 0 heterocycles. The van der Waals surface area contributed by atoms with Crippen LogP contribution in [0.4, 0.5) is 0 Å². The van der Waals surface area contributed by atoms with Crippen LogP contribution in [0.2, 0.25) is 0 Å². The molecular weight excluding hydrogens is 515 g/mol. The Morgan fingerprint density at radius 1 is 0.794 bits per heavy atom. The van der Waals surface area contributed by atoms with Gasteiger partial charge in [0.2, 0.25) is 0 Å². The summed E-state index contributed by atoms with van der Waals surface area (Å²) < 4.78 is 29.3. The first kappa shape index (κ1) is 41.5. The third-order valence-electron chi connectivity index (χ3n) is 3.42. The summed E-state index contributed by atoms with van der Waals surface area (Å²) in [6.07, 6.45) is 1.57. The maximum absolute atomic E-state index is 11.1. The number of ether oxygens (including phenoxy) is 6. The molecule has 0 saturated heterocycles. The summed E-state index contributed by atoms with van der Waals surface area (Å²) in [6, 6.07) is 0. The average Bonchev–Trinajstić information content (AvgIpc) is 2.77. The van der Waals surface area contributed by atoms with E-state index in [2.05, 4.69) is 29.0 Å². The van der Waals surface area contributed by atoms with Crippen LogP contribution in [0.15, 0.2) is 0 Å². The van der Waals surface area contributed by atoms with Gasteiger partial charge in [-0.1, -0.05) is 25.1 Å². The normalized spacial score (nSPS) is 11.3. The van der Waals surface area contributed by atoms with Gasteiger partial charge in [0, 0.05) is 45.2 Å². The molecule has 0 saturated carbocycles. The predicted octanol–water partition coefficient (Wildman–Crippen LogP) is -1.06. The molecule has 0 spiro atoms. The fraction of sp³-hybridized carbons (Fsp3) is 0.810. The van der Waals surface area contributed by atoms with E-state index in [1.165, 1.54) is 54.0 Å². The van der Waals surface area contributed by atoms with Gasteiger partial charge in [0.1, 0.15) is 0 Å². The topological polar surface area (TPSA) is 124 Å². The van der Waals surface area contributed by atoms with Crippen LogP contribution in [0.5, 0.6) is 0 Å². The number of rotatable bonds is 15. The number of carbonyl (C=O) groups is 4. The van der Waals surface area contributed by atoms with Gasteiger partial charge in [0.25, 0.3) is 0 Å². The molecule has 2 unspecified atom stereocenters. The van der Waals surface area contributed by atoms with E-state index in [-0.39, 0.29) is 80.8 Å². The third-order valence-corrected chi connectivity index (χ3v) is 4.32. The van der Waals surface area contributed by atoms with E-state index < -0.39 is 18.2 Å². The largest absolute Gasteiger partial charge is 1.00 e. The zero-order valence-electron chi connectivity index (χ0n) is 21.7. The fourth-order valence-corrected chi connectivity index (χ4v) is 2.28. The van der Waals surface area contributed by atoms with Gasteiger partial charge in [-0.25, -0.2) is 9.59 Å². The zero-order chi connectivity index (χ0) is 26.1. The second-order valence-corrected chi connectivity index (χ2v) is 8.03. The van der Waals surface area contributed by atoms with Crippen LogP contribution in [0.3, 0.4) is 0 Å². The number of hydrogen-bond donors (Lipinski definition) is 0. The molecular formula is C21H39KO10S2. The number of unbranched alkanes of at least 4 members (excludes halogenated alkanes) is 1. The van der Waals surface area contributed by atoms with Crippen molar-refractivity contribution in [2.24, 2.45) is 0 Å². The molecule has 0 aromatic rings. The van der Waals surface area contributed by atoms with Gasteiger partial charge in [0.05, 0.1) is 27.4 Å². The minimum absolute atomic E-state index is 0. The minimum atomic E-state index is -0.675. The van der Waals surface area contributed by atoms with Crippen molar-refractivity contribution in [1.29, 1.82) is 0 Å². The summed E-state index contributed by atoms with van der Waals surface area (Å²) in [7, 11) is 5.53. The van der Waals surface area contributed by atoms with E-state index in [1.807, 2.05) is 0 Å². The van der Waals surface area contributed by atoms with Crippen molar-refractivity contribution in [3.8, 4) is 0 Å². The molecule has 10 nitrogen and oxygen atoms in total. The Bertz CT molecular complexity index is 520. The molecule has 13 heteroatoms. The Morgan fingerprint density at radius 3 is 1.47 bits per heavy atom. The summed E-state index contributed by atoms with van der Waals surface area (Å²) in [5, 5.41) is -0.149. The second kappa shape index (κ2) is 31.4. The molecule has 0 radical (unpaired) electrons. The molecule has 0 aliphatic heterocycles. The Balaban J connectivity index is -0.000000226. The number of thioether (sulfide) groups is 1. The standard InChI is InChI=1S/C10H18O5S.C9H18O4.C2H4OS.K/c1-8(11)16-6-4-5-15-7-9(13-2)10(12)14-3;1-4-5-6-13-7-8(11-2)9(10)12-3;1-2(3)4;/h9H,4-7H2,1-3H3;8H,4-7H2,1-3H3;1H3,(H,3,4);/q;;;+1/p-1. The van der Waals surface area contributed by atoms with Gasteiger partial charge >= 0.3 is 63.3 Å². The molecule has 2 atom stereocenters. The molecule has 0 rings (SSSR count). The molecule has 196 valence electrons. The van der Waals surface area contributed by atoms with E-state index in [0.717, 1.165) is 25.0 Å². The summed E-state index contributed by atoms with van der Waals surface area (Å²) in [5.74, 6) is -0.106. The number of hydrogen-bond acceptors (Lipinski definition) is 12. The van der Waals surface area contributed by atoms with Crippen LogP contribution in [0, 0.1) is 0 Å². The number of carbonyl (C=O) groups excluding carboxylic acids is 4. The van der Waals surface area contributed by atoms with Crippen LogP contribution >= 0.6 is 11.8 Å². The van der Waals surface area contributed by atoms with Gasteiger partial charge in [0.15, 0.2) is 17.3 Å². The maximum Gasteiger partial charge on any atom is 1.00 e. The Kier molecular flexibility index (Phi) is 38.2. The average molecular weight is 555 g/mol. The van der Waals surface area contributed by atoms with E-state index in [0.29, 0.717) is 13.2 Å². The molecule has 0 aliphatic rings.